The Hall–Kier alpha value is -2.14. The van der Waals surface area contributed by atoms with Crippen molar-refractivity contribution in [1.29, 1.82) is 0 Å². The lowest BCUT2D eigenvalue weighted by atomic mass is 10.2. The Morgan fingerprint density at radius 2 is 1.97 bits per heavy atom. The van der Waals surface area contributed by atoms with Gasteiger partial charge in [0.1, 0.15) is 23.5 Å². The standard InChI is InChI=1S/C23H33FN6O.HI/c1-4-25-23(27-16-18(2)31-21-7-5-6-20(24)15-21)28-17-19-8-9-26-22(14-19)30-12-10-29(3)11-13-30;/h5-9,14-15,18H,4,10-13,16-17H2,1-3H3,(H2,25,27,28);1H. The first-order chi connectivity index (χ1) is 15.0. The maximum atomic E-state index is 13.3. The number of halogens is 2. The summed E-state index contributed by atoms with van der Waals surface area (Å²) in [7, 11) is 2.15. The summed E-state index contributed by atoms with van der Waals surface area (Å²) in [6, 6.07) is 10.3. The number of anilines is 1. The van der Waals surface area contributed by atoms with Crippen molar-refractivity contribution >= 4 is 35.8 Å². The van der Waals surface area contributed by atoms with Crippen LogP contribution in [-0.2, 0) is 6.54 Å². The molecule has 2 aromatic rings. The predicted molar refractivity (Wildman–Crippen MR) is 139 cm³/mol. The highest BCUT2D eigenvalue weighted by Gasteiger charge is 2.15. The quantitative estimate of drug-likeness (QED) is 0.296. The van der Waals surface area contributed by atoms with Gasteiger partial charge in [-0.05, 0) is 50.7 Å². The summed E-state index contributed by atoms with van der Waals surface area (Å²) in [5.74, 6) is 1.94. The molecule has 1 fully saturated rings. The number of pyridine rings is 1. The van der Waals surface area contributed by atoms with E-state index in [0.717, 1.165) is 50.1 Å². The molecule has 0 spiro atoms. The second-order valence-corrected chi connectivity index (χ2v) is 7.77. The van der Waals surface area contributed by atoms with Crippen molar-refractivity contribution in [1.82, 2.24) is 20.5 Å². The van der Waals surface area contributed by atoms with E-state index >= 15 is 0 Å². The van der Waals surface area contributed by atoms with Crippen molar-refractivity contribution in [3.8, 4) is 5.75 Å². The maximum Gasteiger partial charge on any atom is 0.191 e. The molecule has 3 rings (SSSR count). The third-order valence-electron chi connectivity index (χ3n) is 5.09. The zero-order valence-corrected chi connectivity index (χ0v) is 21.4. The summed E-state index contributed by atoms with van der Waals surface area (Å²) in [6.07, 6.45) is 1.71. The number of rotatable bonds is 8. The molecule has 1 saturated heterocycles. The predicted octanol–water partition coefficient (Wildman–Crippen LogP) is 3.11. The molecule has 1 aliphatic rings. The molecule has 176 valence electrons. The highest BCUT2D eigenvalue weighted by Crippen LogP contribution is 2.16. The number of guanidine groups is 1. The van der Waals surface area contributed by atoms with Gasteiger partial charge < -0.3 is 25.2 Å². The van der Waals surface area contributed by atoms with Gasteiger partial charge in [-0.25, -0.2) is 14.4 Å². The van der Waals surface area contributed by atoms with Crippen molar-refractivity contribution in [3.63, 3.8) is 0 Å². The van der Waals surface area contributed by atoms with Gasteiger partial charge in [-0.2, -0.15) is 0 Å². The Labute approximate surface area is 207 Å². The smallest absolute Gasteiger partial charge is 0.191 e. The molecule has 9 heteroatoms. The number of nitrogens with zero attached hydrogens (tertiary/aromatic N) is 4. The van der Waals surface area contributed by atoms with Crippen molar-refractivity contribution in [2.45, 2.75) is 26.5 Å². The number of benzene rings is 1. The SMILES string of the molecule is CCNC(=NCc1ccnc(N2CCN(C)CC2)c1)NCC(C)Oc1cccc(F)c1.I. The van der Waals surface area contributed by atoms with Gasteiger partial charge >= 0.3 is 0 Å². The third-order valence-corrected chi connectivity index (χ3v) is 5.09. The number of aromatic nitrogens is 1. The summed E-state index contributed by atoms with van der Waals surface area (Å²) in [5, 5.41) is 6.55. The molecule has 1 aliphatic heterocycles. The molecule has 1 aromatic carbocycles. The maximum absolute atomic E-state index is 13.3. The fourth-order valence-electron chi connectivity index (χ4n) is 3.33. The molecule has 32 heavy (non-hydrogen) atoms. The van der Waals surface area contributed by atoms with Gasteiger partial charge in [-0.15, -0.1) is 24.0 Å². The molecule has 0 aliphatic carbocycles. The second kappa shape index (κ2) is 13.4. The van der Waals surface area contributed by atoms with Crippen LogP contribution in [0.2, 0.25) is 0 Å². The first-order valence-electron chi connectivity index (χ1n) is 10.9. The number of ether oxygens (including phenoxy) is 1. The van der Waals surface area contributed by atoms with E-state index in [2.05, 4.69) is 38.5 Å². The van der Waals surface area contributed by atoms with Gasteiger partial charge in [0.15, 0.2) is 5.96 Å². The molecule has 2 N–H and O–H groups in total. The largest absolute Gasteiger partial charge is 0.489 e. The zero-order valence-electron chi connectivity index (χ0n) is 19.1. The topological polar surface area (TPSA) is 65.0 Å². The molecule has 0 saturated carbocycles. The molecule has 0 bridgehead atoms. The van der Waals surface area contributed by atoms with Crippen LogP contribution in [0, 0.1) is 5.82 Å². The Morgan fingerprint density at radius 3 is 2.69 bits per heavy atom. The summed E-state index contributed by atoms with van der Waals surface area (Å²) >= 11 is 0. The van der Waals surface area contributed by atoms with Gasteiger partial charge in [0.2, 0.25) is 0 Å². The minimum Gasteiger partial charge on any atom is -0.489 e. The van der Waals surface area contributed by atoms with Crippen LogP contribution in [0.25, 0.3) is 0 Å². The zero-order chi connectivity index (χ0) is 22.1. The number of likely N-dealkylation sites (N-methyl/N-ethyl adjacent to an activating group) is 1. The van der Waals surface area contributed by atoms with E-state index in [1.165, 1.54) is 12.1 Å². The molecule has 0 radical (unpaired) electrons. The van der Waals surface area contributed by atoms with E-state index in [0.29, 0.717) is 18.8 Å². The molecule has 1 atom stereocenters. The van der Waals surface area contributed by atoms with Crippen molar-refractivity contribution < 1.29 is 9.13 Å². The van der Waals surface area contributed by atoms with E-state index < -0.39 is 0 Å². The molecule has 0 amide bonds. The van der Waals surface area contributed by atoms with Crippen molar-refractivity contribution in [2.75, 3.05) is 51.2 Å². The lowest BCUT2D eigenvalue weighted by Crippen LogP contribution is -2.44. The first-order valence-corrected chi connectivity index (χ1v) is 10.9. The van der Waals surface area contributed by atoms with Crippen molar-refractivity contribution in [3.05, 3.63) is 54.0 Å². The van der Waals surface area contributed by atoms with E-state index in [1.54, 1.807) is 12.1 Å². The monoisotopic (exact) mass is 556 g/mol. The summed E-state index contributed by atoms with van der Waals surface area (Å²) in [6.45, 7) is 9.90. The van der Waals surface area contributed by atoms with Gasteiger partial charge in [0, 0.05) is 45.0 Å². The van der Waals surface area contributed by atoms with Crippen LogP contribution in [0.1, 0.15) is 19.4 Å². The van der Waals surface area contributed by atoms with Gasteiger partial charge in [-0.3, -0.25) is 0 Å². The molecule has 2 heterocycles. The van der Waals surface area contributed by atoms with E-state index in [9.17, 15) is 4.39 Å². The molecular formula is C23H34FIN6O. The van der Waals surface area contributed by atoms with Crippen LogP contribution in [-0.4, -0.2) is 68.3 Å². The van der Waals surface area contributed by atoms with E-state index in [4.69, 9.17) is 9.73 Å². The van der Waals surface area contributed by atoms with Gasteiger partial charge in [-0.1, -0.05) is 6.07 Å². The van der Waals surface area contributed by atoms with Crippen LogP contribution < -0.4 is 20.3 Å². The minimum absolute atomic E-state index is 0. The lowest BCUT2D eigenvalue weighted by molar-refractivity contribution is 0.223. The van der Waals surface area contributed by atoms with Crippen LogP contribution in [0.4, 0.5) is 10.2 Å². The molecule has 1 aromatic heterocycles. The van der Waals surface area contributed by atoms with Crippen LogP contribution in [0.3, 0.4) is 0 Å². The Bertz CT molecular complexity index is 860. The summed E-state index contributed by atoms with van der Waals surface area (Å²) < 4.78 is 19.1. The second-order valence-electron chi connectivity index (χ2n) is 7.77. The van der Waals surface area contributed by atoms with Gasteiger partial charge in [0.05, 0.1) is 13.1 Å². The Morgan fingerprint density at radius 1 is 1.19 bits per heavy atom. The van der Waals surface area contributed by atoms with Crippen LogP contribution >= 0.6 is 24.0 Å². The van der Waals surface area contributed by atoms with Crippen LogP contribution in [0.15, 0.2) is 47.6 Å². The Balaban J connectivity index is 0.00000363. The van der Waals surface area contributed by atoms with Crippen LogP contribution in [0.5, 0.6) is 5.75 Å². The van der Waals surface area contributed by atoms with E-state index in [-0.39, 0.29) is 35.9 Å². The molecule has 1 unspecified atom stereocenters. The fraction of sp³-hybridized carbons (Fsp3) is 0.478. The van der Waals surface area contributed by atoms with E-state index in [1.807, 2.05) is 26.1 Å². The lowest BCUT2D eigenvalue weighted by Gasteiger charge is -2.33. The summed E-state index contributed by atoms with van der Waals surface area (Å²) in [5.41, 5.74) is 1.12. The third kappa shape index (κ3) is 8.42. The number of nitrogens with one attached hydrogen (secondary N) is 2. The average Bonchev–Trinajstić information content (AvgIpc) is 2.76. The molecular weight excluding hydrogens is 522 g/mol. The number of hydrogen-bond donors (Lipinski definition) is 2. The van der Waals surface area contributed by atoms with Gasteiger partial charge in [0.25, 0.3) is 0 Å². The summed E-state index contributed by atoms with van der Waals surface area (Å²) in [4.78, 5) is 13.9. The number of hydrogen-bond acceptors (Lipinski definition) is 5. The highest BCUT2D eigenvalue weighted by atomic mass is 127. The number of aliphatic imine (C=N–C) groups is 1. The van der Waals surface area contributed by atoms with Crippen molar-refractivity contribution in [2.24, 2.45) is 4.99 Å². The highest BCUT2D eigenvalue weighted by molar-refractivity contribution is 14.0. The average molecular weight is 556 g/mol. The normalized spacial score (nSPS) is 15.6. The minimum atomic E-state index is -0.305. The first kappa shape index (κ1) is 26.1. The number of piperazine rings is 1. The molecule has 7 nitrogen and oxygen atoms in total. The Kier molecular flexibility index (Phi) is 10.9. The fourth-order valence-corrected chi connectivity index (χ4v) is 3.33.